The average molecular weight is 261 g/mol. The first-order chi connectivity index (χ1) is 7.38. The molecule has 6 heteroatoms. The zero-order valence-corrected chi connectivity index (χ0v) is 10.9. The Morgan fingerprint density at radius 3 is 2.75 bits per heavy atom. The normalized spacial score (nSPS) is 13.4. The third kappa shape index (κ3) is 4.76. The third-order valence-corrected chi connectivity index (χ3v) is 3.89. The summed E-state index contributed by atoms with van der Waals surface area (Å²) in [6.07, 6.45) is 1.64. The van der Waals surface area contributed by atoms with Crippen molar-refractivity contribution in [3.8, 4) is 0 Å². The van der Waals surface area contributed by atoms with E-state index in [-0.39, 0.29) is 17.7 Å². The Labute approximate surface area is 99.6 Å². The highest BCUT2D eigenvalue weighted by molar-refractivity contribution is 7.90. The molecule has 0 bridgehead atoms. The molecule has 0 radical (unpaired) electrons. The van der Waals surface area contributed by atoms with Gasteiger partial charge < -0.3 is 5.32 Å². The molecule has 0 spiro atoms. The minimum atomic E-state index is -2.96. The summed E-state index contributed by atoms with van der Waals surface area (Å²) in [6.45, 7) is 1.80. The first-order valence-electron chi connectivity index (χ1n) is 4.90. The van der Waals surface area contributed by atoms with E-state index in [4.69, 9.17) is 0 Å². The number of rotatable bonds is 5. The molecule has 4 nitrogen and oxygen atoms in total. The Morgan fingerprint density at radius 1 is 1.56 bits per heavy atom. The molecule has 1 rings (SSSR count). The fourth-order valence-electron chi connectivity index (χ4n) is 1.17. The molecule has 1 heterocycles. The minimum absolute atomic E-state index is 0.0961. The number of thiophene rings is 1. The van der Waals surface area contributed by atoms with E-state index in [1.165, 1.54) is 17.6 Å². The fraction of sp³-hybridized carbons (Fsp3) is 0.500. The Hall–Kier alpha value is -0.880. The first kappa shape index (κ1) is 13.2. The van der Waals surface area contributed by atoms with Crippen LogP contribution >= 0.6 is 11.3 Å². The number of carbonyl (C=O) groups is 1. The summed E-state index contributed by atoms with van der Waals surface area (Å²) >= 11 is 1.37. The van der Waals surface area contributed by atoms with Crippen molar-refractivity contribution in [1.29, 1.82) is 0 Å². The minimum Gasteiger partial charge on any atom is -0.349 e. The molecule has 90 valence electrons. The topological polar surface area (TPSA) is 63.2 Å². The van der Waals surface area contributed by atoms with Crippen molar-refractivity contribution in [2.45, 2.75) is 19.4 Å². The second-order valence-corrected chi connectivity index (χ2v) is 6.98. The summed E-state index contributed by atoms with van der Waals surface area (Å²) in [4.78, 5) is 12.2. The molecule has 1 aromatic rings. The van der Waals surface area contributed by atoms with Crippen LogP contribution in [0.15, 0.2) is 17.5 Å². The van der Waals surface area contributed by atoms with Gasteiger partial charge in [0.25, 0.3) is 5.91 Å². The number of hydrogen-bond acceptors (Lipinski definition) is 4. The number of nitrogens with one attached hydrogen (secondary N) is 1. The lowest BCUT2D eigenvalue weighted by Crippen LogP contribution is -2.33. The second-order valence-electron chi connectivity index (χ2n) is 3.77. The Balaban J connectivity index is 2.40. The molecular formula is C10H15NO3S2. The van der Waals surface area contributed by atoms with Crippen LogP contribution in [0.1, 0.15) is 23.0 Å². The molecule has 0 aliphatic carbocycles. The largest absolute Gasteiger partial charge is 0.349 e. The fourth-order valence-corrected chi connectivity index (χ4v) is 2.57. The molecule has 0 aromatic carbocycles. The van der Waals surface area contributed by atoms with Crippen LogP contribution in [0, 0.1) is 0 Å². The lowest BCUT2D eigenvalue weighted by atomic mass is 10.2. The summed E-state index contributed by atoms with van der Waals surface area (Å²) < 4.78 is 21.9. The maximum atomic E-state index is 11.6. The predicted molar refractivity (Wildman–Crippen MR) is 65.6 cm³/mol. The molecule has 1 N–H and O–H groups in total. The van der Waals surface area contributed by atoms with Crippen LogP contribution in [0.25, 0.3) is 0 Å². The number of carbonyl (C=O) groups excluding carboxylic acids is 1. The summed E-state index contributed by atoms with van der Waals surface area (Å²) in [5.41, 5.74) is 0. The molecule has 1 amide bonds. The van der Waals surface area contributed by atoms with Gasteiger partial charge in [0.1, 0.15) is 9.84 Å². The van der Waals surface area contributed by atoms with Crippen molar-refractivity contribution in [2.75, 3.05) is 12.0 Å². The molecule has 0 aliphatic heterocycles. The van der Waals surface area contributed by atoms with Gasteiger partial charge in [0, 0.05) is 12.3 Å². The maximum Gasteiger partial charge on any atom is 0.261 e. The lowest BCUT2D eigenvalue weighted by molar-refractivity contribution is 0.0943. The van der Waals surface area contributed by atoms with Gasteiger partial charge in [-0.2, -0.15) is 0 Å². The summed E-state index contributed by atoms with van der Waals surface area (Å²) in [6, 6.07) is 3.41. The first-order valence-corrected chi connectivity index (χ1v) is 7.84. The number of amides is 1. The van der Waals surface area contributed by atoms with Crippen LogP contribution in [-0.2, 0) is 9.84 Å². The molecule has 0 saturated carbocycles. The van der Waals surface area contributed by atoms with Gasteiger partial charge in [-0.1, -0.05) is 6.07 Å². The Morgan fingerprint density at radius 2 is 2.25 bits per heavy atom. The number of sulfone groups is 1. The van der Waals surface area contributed by atoms with Gasteiger partial charge in [-0.25, -0.2) is 8.42 Å². The van der Waals surface area contributed by atoms with Gasteiger partial charge in [-0.3, -0.25) is 4.79 Å². The lowest BCUT2D eigenvalue weighted by Gasteiger charge is -2.12. The van der Waals surface area contributed by atoms with Crippen molar-refractivity contribution in [3.63, 3.8) is 0 Å². The van der Waals surface area contributed by atoms with E-state index < -0.39 is 9.84 Å². The van der Waals surface area contributed by atoms with E-state index in [1.54, 1.807) is 19.1 Å². The summed E-state index contributed by atoms with van der Waals surface area (Å²) in [5.74, 6) is -0.0465. The molecule has 0 aliphatic rings. The highest BCUT2D eigenvalue weighted by Gasteiger charge is 2.12. The number of hydrogen-bond donors (Lipinski definition) is 1. The quantitative estimate of drug-likeness (QED) is 0.869. The van der Waals surface area contributed by atoms with Crippen molar-refractivity contribution >= 4 is 27.1 Å². The molecule has 16 heavy (non-hydrogen) atoms. The van der Waals surface area contributed by atoms with Gasteiger partial charge in [-0.05, 0) is 24.8 Å². The van der Waals surface area contributed by atoms with Crippen molar-refractivity contribution in [2.24, 2.45) is 0 Å². The van der Waals surface area contributed by atoms with Gasteiger partial charge >= 0.3 is 0 Å². The zero-order valence-electron chi connectivity index (χ0n) is 9.26. The zero-order chi connectivity index (χ0) is 12.2. The van der Waals surface area contributed by atoms with E-state index in [0.29, 0.717) is 11.3 Å². The van der Waals surface area contributed by atoms with Crippen molar-refractivity contribution < 1.29 is 13.2 Å². The predicted octanol–water partition coefficient (Wildman–Crippen LogP) is 1.30. The van der Waals surface area contributed by atoms with Crippen LogP contribution < -0.4 is 5.32 Å². The SMILES string of the molecule is C[C@@H](CCS(C)(=O)=O)NC(=O)c1cccs1. The van der Waals surface area contributed by atoms with Gasteiger partial charge in [-0.15, -0.1) is 11.3 Å². The van der Waals surface area contributed by atoms with E-state index in [9.17, 15) is 13.2 Å². The van der Waals surface area contributed by atoms with Gasteiger partial charge in [0.05, 0.1) is 10.6 Å². The molecule has 1 aromatic heterocycles. The summed E-state index contributed by atoms with van der Waals surface area (Å²) in [5, 5.41) is 4.59. The smallest absolute Gasteiger partial charge is 0.261 e. The van der Waals surface area contributed by atoms with Crippen molar-refractivity contribution in [1.82, 2.24) is 5.32 Å². The molecular weight excluding hydrogens is 246 g/mol. The van der Waals surface area contributed by atoms with Crippen LogP contribution in [0.3, 0.4) is 0 Å². The Kier molecular flexibility index (Phi) is 4.49. The molecule has 1 atom stereocenters. The van der Waals surface area contributed by atoms with Crippen LogP contribution in [0.5, 0.6) is 0 Å². The van der Waals surface area contributed by atoms with Gasteiger partial charge in [0.2, 0.25) is 0 Å². The summed E-state index contributed by atoms with van der Waals surface area (Å²) in [7, 11) is -2.96. The van der Waals surface area contributed by atoms with Crippen molar-refractivity contribution in [3.05, 3.63) is 22.4 Å². The highest BCUT2D eigenvalue weighted by atomic mass is 32.2. The van der Waals surface area contributed by atoms with Crippen LogP contribution in [0.4, 0.5) is 0 Å². The average Bonchev–Trinajstić information content (AvgIpc) is 2.66. The Bertz CT molecular complexity index is 437. The van der Waals surface area contributed by atoms with E-state index in [0.717, 1.165) is 0 Å². The van der Waals surface area contributed by atoms with Crippen LogP contribution in [0.2, 0.25) is 0 Å². The van der Waals surface area contributed by atoms with Gasteiger partial charge in [0.15, 0.2) is 0 Å². The second kappa shape index (κ2) is 5.45. The van der Waals surface area contributed by atoms with Crippen LogP contribution in [-0.4, -0.2) is 32.4 Å². The molecule has 0 fully saturated rings. The standard InChI is InChI=1S/C10H15NO3S2/c1-8(5-7-16(2,13)14)11-10(12)9-4-3-6-15-9/h3-4,6,8H,5,7H2,1-2H3,(H,11,12)/t8-/m0/s1. The molecule has 0 unspecified atom stereocenters. The maximum absolute atomic E-state index is 11.6. The van der Waals surface area contributed by atoms with E-state index in [1.807, 2.05) is 5.38 Å². The monoisotopic (exact) mass is 261 g/mol. The third-order valence-electron chi connectivity index (χ3n) is 2.04. The molecule has 0 saturated heterocycles. The highest BCUT2D eigenvalue weighted by Crippen LogP contribution is 2.08. The van der Waals surface area contributed by atoms with E-state index in [2.05, 4.69) is 5.32 Å². The van der Waals surface area contributed by atoms with E-state index >= 15 is 0 Å².